The number of hydrogen-bond donors (Lipinski definition) is 2. The number of thioether (sulfide) groups is 1. The quantitative estimate of drug-likeness (QED) is 0.275. The van der Waals surface area contributed by atoms with Gasteiger partial charge >= 0.3 is 11.8 Å². The molecule has 0 bridgehead atoms. The Morgan fingerprint density at radius 1 is 0.929 bits per heavy atom. The molecule has 0 saturated carbocycles. The van der Waals surface area contributed by atoms with Gasteiger partial charge in [-0.3, -0.25) is 24.5 Å². The second-order valence-corrected chi connectivity index (χ2v) is 11.6. The van der Waals surface area contributed by atoms with Crippen LogP contribution in [-0.2, 0) is 9.59 Å². The highest BCUT2D eigenvalue weighted by atomic mass is 35.5. The molecule has 0 aliphatic carbocycles. The molecule has 6 rings (SSSR count). The van der Waals surface area contributed by atoms with Gasteiger partial charge in [0.15, 0.2) is 5.25 Å². The number of hydrazone groups is 1. The normalized spacial score (nSPS) is 18.9. The van der Waals surface area contributed by atoms with Crippen LogP contribution in [0.25, 0.3) is 22.0 Å². The Balaban J connectivity index is 1.53. The van der Waals surface area contributed by atoms with Crippen LogP contribution in [0.1, 0.15) is 23.6 Å². The Labute approximate surface area is 250 Å². The molecule has 1 aromatic heterocycles. The topological polar surface area (TPSA) is 112 Å². The van der Waals surface area contributed by atoms with Crippen LogP contribution in [-0.4, -0.2) is 43.9 Å². The second kappa shape index (κ2) is 10.6. The second-order valence-electron chi connectivity index (χ2n) is 9.62. The van der Waals surface area contributed by atoms with E-state index in [9.17, 15) is 19.2 Å². The van der Waals surface area contributed by atoms with Gasteiger partial charge in [-0.1, -0.05) is 65.7 Å². The van der Waals surface area contributed by atoms with E-state index in [-0.39, 0.29) is 29.5 Å². The standard InChI is InChI=1S/C29H18Cl2F2N4O4S/c30-16-9-5-14(6-10-16)21-13-20(36-37(21)27(40)29(32,33)24-26(39)35-28(41)42-24)23-22(15-7-11-17(31)12-8-15)18-3-1-2-4-19(18)34-25(23)38/h1-12,21,24H,13H2,(H,34,38)(H,35,39,41)/t21-,24?/m0/s1. The SMILES string of the molecule is O=C1NC(=O)C(C(F)(F)C(=O)N2N=C(c3c(-c4ccc(Cl)cc4)c4ccccc4[nH]c3=O)C[C@H]2c2ccc(Cl)cc2)S1. The van der Waals surface area contributed by atoms with Crippen molar-refractivity contribution in [1.82, 2.24) is 15.3 Å². The first kappa shape index (κ1) is 28.1. The molecule has 4 aromatic rings. The van der Waals surface area contributed by atoms with Crippen molar-refractivity contribution in [3.8, 4) is 11.1 Å². The average molecular weight is 627 g/mol. The van der Waals surface area contributed by atoms with Gasteiger partial charge in [-0.25, -0.2) is 5.01 Å². The van der Waals surface area contributed by atoms with Crippen LogP contribution in [0.4, 0.5) is 13.6 Å². The number of alkyl halides is 2. The molecule has 1 unspecified atom stereocenters. The number of rotatable bonds is 5. The minimum atomic E-state index is -4.29. The van der Waals surface area contributed by atoms with Crippen molar-refractivity contribution in [2.24, 2.45) is 5.10 Å². The van der Waals surface area contributed by atoms with Crippen LogP contribution >= 0.6 is 35.0 Å². The molecule has 1 saturated heterocycles. The summed E-state index contributed by atoms with van der Waals surface area (Å²) in [6, 6.07) is 19.0. The molecular formula is C29H18Cl2F2N4O4S. The number of pyridine rings is 1. The lowest BCUT2D eigenvalue weighted by molar-refractivity contribution is -0.161. The summed E-state index contributed by atoms with van der Waals surface area (Å²) in [7, 11) is 0. The summed E-state index contributed by atoms with van der Waals surface area (Å²) >= 11 is 12.2. The number of fused-ring (bicyclic) bond motifs is 1. The first-order valence-electron chi connectivity index (χ1n) is 12.5. The van der Waals surface area contributed by atoms with Crippen molar-refractivity contribution < 1.29 is 23.2 Å². The first-order chi connectivity index (χ1) is 20.0. The third kappa shape index (κ3) is 4.87. The van der Waals surface area contributed by atoms with Crippen LogP contribution in [0, 0.1) is 0 Å². The van der Waals surface area contributed by atoms with E-state index >= 15 is 8.78 Å². The van der Waals surface area contributed by atoms with E-state index in [1.54, 1.807) is 66.0 Å². The molecule has 2 aliphatic rings. The number of para-hydroxylation sites is 1. The van der Waals surface area contributed by atoms with Gasteiger partial charge in [0.05, 0.1) is 17.3 Å². The van der Waals surface area contributed by atoms with Crippen LogP contribution in [0.2, 0.25) is 10.0 Å². The maximum Gasteiger partial charge on any atom is 0.347 e. The van der Waals surface area contributed by atoms with E-state index in [4.69, 9.17) is 23.2 Å². The van der Waals surface area contributed by atoms with Crippen molar-refractivity contribution in [3.05, 3.63) is 104 Å². The maximum atomic E-state index is 15.6. The van der Waals surface area contributed by atoms with Gasteiger partial charge in [-0.15, -0.1) is 0 Å². The maximum absolute atomic E-state index is 15.6. The fraction of sp³-hybridized carbons (Fsp3) is 0.138. The summed E-state index contributed by atoms with van der Waals surface area (Å²) in [4.78, 5) is 53.6. The molecule has 2 N–H and O–H groups in total. The smallest absolute Gasteiger partial charge is 0.321 e. The Morgan fingerprint density at radius 3 is 2.21 bits per heavy atom. The molecule has 212 valence electrons. The number of nitrogens with one attached hydrogen (secondary N) is 2. The molecule has 2 aliphatic heterocycles. The Bertz CT molecular complexity index is 1860. The van der Waals surface area contributed by atoms with Gasteiger partial charge in [0.2, 0.25) is 5.91 Å². The zero-order valence-corrected chi connectivity index (χ0v) is 23.6. The number of carbonyl (C=O) groups excluding carboxylic acids is 3. The van der Waals surface area contributed by atoms with Crippen LogP contribution < -0.4 is 10.9 Å². The van der Waals surface area contributed by atoms with Gasteiger partial charge in [-0.2, -0.15) is 13.9 Å². The highest BCUT2D eigenvalue weighted by Gasteiger charge is 2.59. The van der Waals surface area contributed by atoms with Crippen molar-refractivity contribution in [2.45, 2.75) is 23.6 Å². The van der Waals surface area contributed by atoms with E-state index < -0.39 is 39.8 Å². The minimum absolute atomic E-state index is 0.0398. The van der Waals surface area contributed by atoms with E-state index in [1.165, 1.54) is 12.1 Å². The minimum Gasteiger partial charge on any atom is -0.321 e. The summed E-state index contributed by atoms with van der Waals surface area (Å²) < 4.78 is 31.1. The molecule has 0 radical (unpaired) electrons. The average Bonchev–Trinajstić information content (AvgIpc) is 3.55. The van der Waals surface area contributed by atoms with Crippen molar-refractivity contribution in [2.75, 3.05) is 0 Å². The first-order valence-corrected chi connectivity index (χ1v) is 14.2. The molecule has 8 nitrogen and oxygen atoms in total. The highest BCUT2D eigenvalue weighted by molar-refractivity contribution is 8.15. The highest BCUT2D eigenvalue weighted by Crippen LogP contribution is 2.42. The number of H-pyrrole nitrogens is 1. The van der Waals surface area contributed by atoms with Crippen molar-refractivity contribution in [3.63, 3.8) is 0 Å². The molecule has 3 aromatic carbocycles. The van der Waals surface area contributed by atoms with E-state index in [1.807, 2.05) is 0 Å². The lowest BCUT2D eigenvalue weighted by atomic mass is 9.91. The van der Waals surface area contributed by atoms with Crippen LogP contribution in [0.3, 0.4) is 0 Å². The Kier molecular flexibility index (Phi) is 7.12. The van der Waals surface area contributed by atoms with Gasteiger partial charge in [0, 0.05) is 32.9 Å². The number of carbonyl (C=O) groups is 3. The zero-order chi connectivity index (χ0) is 29.8. The summed E-state index contributed by atoms with van der Waals surface area (Å²) in [6.45, 7) is 0. The molecule has 2 atom stereocenters. The lowest BCUT2D eigenvalue weighted by Gasteiger charge is -2.27. The number of halogens is 4. The summed E-state index contributed by atoms with van der Waals surface area (Å²) in [5.74, 6) is -7.35. The molecule has 3 heterocycles. The summed E-state index contributed by atoms with van der Waals surface area (Å²) in [5, 5.41) is 4.96. The van der Waals surface area contributed by atoms with E-state index in [0.717, 1.165) is 0 Å². The van der Waals surface area contributed by atoms with E-state index in [0.29, 0.717) is 42.6 Å². The number of amides is 3. The van der Waals surface area contributed by atoms with Crippen molar-refractivity contribution >= 4 is 68.6 Å². The Hall–Kier alpha value is -4.06. The monoisotopic (exact) mass is 626 g/mol. The Morgan fingerprint density at radius 2 is 1.57 bits per heavy atom. The predicted molar refractivity (Wildman–Crippen MR) is 157 cm³/mol. The van der Waals surface area contributed by atoms with Gasteiger partial charge in [0.1, 0.15) is 0 Å². The number of aromatic amines is 1. The lowest BCUT2D eigenvalue weighted by Crippen LogP contribution is -2.50. The number of benzene rings is 3. The number of hydrogen-bond acceptors (Lipinski definition) is 6. The number of aromatic nitrogens is 1. The summed E-state index contributed by atoms with van der Waals surface area (Å²) in [6.07, 6.45) is -0.103. The third-order valence-corrected chi connectivity index (χ3v) is 8.58. The molecule has 42 heavy (non-hydrogen) atoms. The number of nitrogens with zero attached hydrogens (tertiary/aromatic N) is 2. The van der Waals surface area contributed by atoms with Crippen molar-refractivity contribution in [1.29, 1.82) is 0 Å². The van der Waals surface area contributed by atoms with Gasteiger partial charge < -0.3 is 4.98 Å². The molecule has 13 heteroatoms. The van der Waals surface area contributed by atoms with Gasteiger partial charge in [0.25, 0.3) is 10.8 Å². The predicted octanol–water partition coefficient (Wildman–Crippen LogP) is 6.17. The summed E-state index contributed by atoms with van der Waals surface area (Å²) in [5.41, 5.74) is 1.70. The van der Waals surface area contributed by atoms with Crippen LogP contribution in [0.15, 0.2) is 82.7 Å². The fourth-order valence-electron chi connectivity index (χ4n) is 5.09. The molecule has 0 spiro atoms. The largest absolute Gasteiger partial charge is 0.347 e. The van der Waals surface area contributed by atoms with Crippen LogP contribution in [0.5, 0.6) is 0 Å². The molecule has 3 amide bonds. The number of imide groups is 1. The zero-order valence-electron chi connectivity index (χ0n) is 21.2. The van der Waals surface area contributed by atoms with E-state index in [2.05, 4.69) is 10.1 Å². The molecule has 1 fully saturated rings. The molecular weight excluding hydrogens is 609 g/mol. The fourth-order valence-corrected chi connectivity index (χ4v) is 6.13. The van der Waals surface area contributed by atoms with Gasteiger partial charge in [-0.05, 0) is 53.2 Å². The third-order valence-electron chi connectivity index (χ3n) is 7.02.